The fourth-order valence-electron chi connectivity index (χ4n) is 2.19. The van der Waals surface area contributed by atoms with Crippen LogP contribution in [0.25, 0.3) is 0 Å². The van der Waals surface area contributed by atoms with E-state index in [1.54, 1.807) is 11.3 Å². The molecule has 0 saturated heterocycles. The minimum absolute atomic E-state index is 0. The number of hydrogen-bond acceptors (Lipinski definition) is 4. The van der Waals surface area contributed by atoms with Gasteiger partial charge >= 0.3 is 6.18 Å². The number of guanidine groups is 1. The van der Waals surface area contributed by atoms with Gasteiger partial charge in [0.1, 0.15) is 0 Å². The molecule has 0 aliphatic heterocycles. The molecule has 1 rings (SSSR count). The van der Waals surface area contributed by atoms with Crippen molar-refractivity contribution in [3.63, 3.8) is 0 Å². The molecule has 1 aromatic rings. The third-order valence-corrected chi connectivity index (χ3v) is 4.60. The zero-order valence-corrected chi connectivity index (χ0v) is 18.9. The number of rotatable bonds is 9. The molecule has 0 amide bonds. The lowest BCUT2D eigenvalue weighted by atomic mass is 10.4. The molecule has 0 unspecified atom stereocenters. The molecule has 0 fully saturated rings. The van der Waals surface area contributed by atoms with Gasteiger partial charge in [0.2, 0.25) is 0 Å². The van der Waals surface area contributed by atoms with Gasteiger partial charge in [0.25, 0.3) is 0 Å². The zero-order valence-electron chi connectivity index (χ0n) is 15.7. The molecule has 2 N–H and O–H groups in total. The van der Waals surface area contributed by atoms with E-state index in [-0.39, 0.29) is 24.0 Å². The summed E-state index contributed by atoms with van der Waals surface area (Å²) in [6.45, 7) is 7.44. The molecule has 152 valence electrons. The summed E-state index contributed by atoms with van der Waals surface area (Å²) < 4.78 is 36.8. The van der Waals surface area contributed by atoms with Crippen LogP contribution in [0.4, 0.5) is 13.2 Å². The van der Waals surface area contributed by atoms with Crippen LogP contribution in [0.1, 0.15) is 28.9 Å². The molecule has 0 atom stereocenters. The Labute approximate surface area is 174 Å². The molecule has 1 aromatic heterocycles. The number of alkyl halides is 3. The van der Waals surface area contributed by atoms with Gasteiger partial charge in [-0.2, -0.15) is 13.2 Å². The van der Waals surface area contributed by atoms with E-state index in [1.165, 1.54) is 16.8 Å². The maximum Gasteiger partial charge on any atom is 0.401 e. The lowest BCUT2D eigenvalue weighted by Crippen LogP contribution is -2.38. The standard InChI is InChI=1S/C16H28F3N5S.HI/c1-5-20-15(21-8-6-10-24(4)11-16(17,18)19)22-9-7-14-23-12(2)13(3)25-14;/h5-11H2,1-4H3,(H2,20,21,22);1H. The van der Waals surface area contributed by atoms with Gasteiger partial charge in [-0.15, -0.1) is 35.3 Å². The Morgan fingerprint density at radius 2 is 1.96 bits per heavy atom. The maximum atomic E-state index is 12.3. The molecule has 0 saturated carbocycles. The van der Waals surface area contributed by atoms with E-state index in [4.69, 9.17) is 0 Å². The van der Waals surface area contributed by atoms with Gasteiger partial charge in [0.15, 0.2) is 5.96 Å². The smallest absolute Gasteiger partial charge is 0.357 e. The second-order valence-corrected chi connectivity index (χ2v) is 7.18. The van der Waals surface area contributed by atoms with Crippen LogP contribution in [0, 0.1) is 13.8 Å². The lowest BCUT2D eigenvalue weighted by Gasteiger charge is -2.18. The summed E-state index contributed by atoms with van der Waals surface area (Å²) in [5.41, 5.74) is 1.07. The Kier molecular flexibility index (Phi) is 12.4. The monoisotopic (exact) mass is 507 g/mol. The van der Waals surface area contributed by atoms with Crippen molar-refractivity contribution in [3.8, 4) is 0 Å². The molecule has 1 heterocycles. The van der Waals surface area contributed by atoms with Crippen LogP contribution in [-0.2, 0) is 6.42 Å². The van der Waals surface area contributed by atoms with E-state index in [2.05, 4.69) is 27.5 Å². The summed E-state index contributed by atoms with van der Waals surface area (Å²) in [5, 5.41) is 7.47. The van der Waals surface area contributed by atoms with E-state index in [1.807, 2.05) is 13.8 Å². The number of nitrogens with zero attached hydrogens (tertiary/aromatic N) is 3. The van der Waals surface area contributed by atoms with Crippen molar-refractivity contribution in [1.29, 1.82) is 0 Å². The molecule has 0 bridgehead atoms. The normalized spacial score (nSPS) is 12.2. The van der Waals surface area contributed by atoms with Crippen molar-refractivity contribution >= 4 is 41.3 Å². The highest BCUT2D eigenvalue weighted by Gasteiger charge is 2.28. The van der Waals surface area contributed by atoms with Gasteiger partial charge < -0.3 is 10.6 Å². The van der Waals surface area contributed by atoms with E-state index in [0.717, 1.165) is 23.7 Å². The average Bonchev–Trinajstić information content (AvgIpc) is 2.80. The van der Waals surface area contributed by atoms with Crippen molar-refractivity contribution in [2.24, 2.45) is 4.99 Å². The van der Waals surface area contributed by atoms with E-state index in [0.29, 0.717) is 32.0 Å². The van der Waals surface area contributed by atoms with Gasteiger partial charge in [-0.25, -0.2) is 4.98 Å². The van der Waals surface area contributed by atoms with Crippen LogP contribution < -0.4 is 10.6 Å². The quantitative estimate of drug-likeness (QED) is 0.233. The van der Waals surface area contributed by atoms with Gasteiger partial charge in [-0.3, -0.25) is 9.89 Å². The third kappa shape index (κ3) is 11.2. The van der Waals surface area contributed by atoms with Gasteiger partial charge in [0.05, 0.1) is 17.2 Å². The molecular formula is C16H29F3IN5S. The highest BCUT2D eigenvalue weighted by Crippen LogP contribution is 2.16. The molecule has 26 heavy (non-hydrogen) atoms. The van der Waals surface area contributed by atoms with Crippen LogP contribution in [0.15, 0.2) is 4.99 Å². The Hall–Kier alpha value is -0.620. The van der Waals surface area contributed by atoms with E-state index < -0.39 is 12.7 Å². The molecule has 0 aromatic carbocycles. The van der Waals surface area contributed by atoms with E-state index in [9.17, 15) is 13.2 Å². The zero-order chi connectivity index (χ0) is 18.9. The molecule has 5 nitrogen and oxygen atoms in total. The number of halogens is 4. The number of aryl methyl sites for hydroxylation is 2. The summed E-state index contributed by atoms with van der Waals surface area (Å²) in [5.74, 6) is 0.686. The van der Waals surface area contributed by atoms with Gasteiger partial charge in [0, 0.05) is 30.9 Å². The molecule has 10 heteroatoms. The van der Waals surface area contributed by atoms with Crippen molar-refractivity contribution < 1.29 is 13.2 Å². The first kappa shape index (κ1) is 25.4. The topological polar surface area (TPSA) is 52.6 Å². The Morgan fingerprint density at radius 3 is 2.50 bits per heavy atom. The molecule has 0 spiro atoms. The fraction of sp³-hybridized carbons (Fsp3) is 0.750. The van der Waals surface area contributed by atoms with Crippen LogP contribution in [-0.4, -0.2) is 61.8 Å². The van der Waals surface area contributed by atoms with Gasteiger partial charge in [-0.05, 0) is 40.8 Å². The largest absolute Gasteiger partial charge is 0.401 e. The first-order valence-corrected chi connectivity index (χ1v) is 9.23. The molecule has 0 aliphatic carbocycles. The molecule has 0 radical (unpaired) electrons. The van der Waals surface area contributed by atoms with Crippen molar-refractivity contribution in [1.82, 2.24) is 20.5 Å². The Bertz CT molecular complexity index is 529. The predicted octanol–water partition coefficient (Wildman–Crippen LogP) is 3.36. The number of thiazole rings is 1. The second kappa shape index (κ2) is 12.7. The lowest BCUT2D eigenvalue weighted by molar-refractivity contribution is -0.143. The Morgan fingerprint density at radius 1 is 1.27 bits per heavy atom. The molecule has 0 aliphatic rings. The van der Waals surface area contributed by atoms with Crippen LogP contribution in [0.3, 0.4) is 0 Å². The number of hydrogen-bond donors (Lipinski definition) is 2. The summed E-state index contributed by atoms with van der Waals surface area (Å²) in [7, 11) is 1.47. The average molecular weight is 507 g/mol. The van der Waals surface area contributed by atoms with Gasteiger partial charge in [-0.1, -0.05) is 0 Å². The number of nitrogens with one attached hydrogen (secondary N) is 2. The van der Waals surface area contributed by atoms with Crippen LogP contribution >= 0.6 is 35.3 Å². The van der Waals surface area contributed by atoms with Crippen molar-refractivity contribution in [2.45, 2.75) is 39.8 Å². The first-order valence-electron chi connectivity index (χ1n) is 8.41. The highest BCUT2D eigenvalue weighted by atomic mass is 127. The summed E-state index contributed by atoms with van der Waals surface area (Å²) in [6.07, 6.45) is -2.76. The molecular weight excluding hydrogens is 478 g/mol. The summed E-state index contributed by atoms with van der Waals surface area (Å²) >= 11 is 1.70. The minimum Gasteiger partial charge on any atom is -0.357 e. The fourth-order valence-corrected chi connectivity index (χ4v) is 3.13. The second-order valence-electron chi connectivity index (χ2n) is 5.89. The number of aliphatic imine (C=N–C) groups is 1. The van der Waals surface area contributed by atoms with Crippen LogP contribution in [0.5, 0.6) is 0 Å². The maximum absolute atomic E-state index is 12.3. The Balaban J connectivity index is 0.00000625. The predicted molar refractivity (Wildman–Crippen MR) is 113 cm³/mol. The highest BCUT2D eigenvalue weighted by molar-refractivity contribution is 14.0. The van der Waals surface area contributed by atoms with E-state index >= 15 is 0 Å². The SMILES string of the molecule is CCNC(=NCCCN(C)CC(F)(F)F)NCCc1nc(C)c(C)s1.I. The first-order chi connectivity index (χ1) is 11.7. The third-order valence-electron chi connectivity index (χ3n) is 3.47. The van der Waals surface area contributed by atoms with Crippen LogP contribution in [0.2, 0.25) is 0 Å². The van der Waals surface area contributed by atoms with Crippen molar-refractivity contribution in [3.05, 3.63) is 15.6 Å². The minimum atomic E-state index is -4.15. The summed E-state index contributed by atoms with van der Waals surface area (Å²) in [6, 6.07) is 0. The number of aromatic nitrogens is 1. The van der Waals surface area contributed by atoms with Crippen molar-refractivity contribution in [2.75, 3.05) is 39.8 Å². The summed E-state index contributed by atoms with van der Waals surface area (Å²) in [4.78, 5) is 11.4.